The van der Waals surface area contributed by atoms with E-state index < -0.39 is 5.82 Å². The van der Waals surface area contributed by atoms with E-state index in [0.29, 0.717) is 16.6 Å². The quantitative estimate of drug-likeness (QED) is 0.826. The molecule has 4 nitrogen and oxygen atoms in total. The van der Waals surface area contributed by atoms with E-state index in [0.717, 1.165) is 11.4 Å². The molecule has 0 aliphatic carbocycles. The van der Waals surface area contributed by atoms with E-state index in [2.05, 4.69) is 26.2 Å². The van der Waals surface area contributed by atoms with Crippen molar-refractivity contribution in [2.45, 2.75) is 19.9 Å². The predicted molar refractivity (Wildman–Crippen MR) is 81.2 cm³/mol. The van der Waals surface area contributed by atoms with E-state index in [4.69, 9.17) is 5.73 Å². The van der Waals surface area contributed by atoms with Gasteiger partial charge < -0.3 is 11.1 Å². The van der Waals surface area contributed by atoms with Crippen molar-refractivity contribution in [3.8, 4) is 0 Å². The van der Waals surface area contributed by atoms with Crippen molar-refractivity contribution >= 4 is 38.9 Å². The lowest BCUT2D eigenvalue weighted by Crippen LogP contribution is -2.23. The van der Waals surface area contributed by atoms with Crippen LogP contribution in [0.25, 0.3) is 0 Å². The van der Waals surface area contributed by atoms with Gasteiger partial charge in [-0.15, -0.1) is 11.3 Å². The highest BCUT2D eigenvalue weighted by molar-refractivity contribution is 9.10. The van der Waals surface area contributed by atoms with Gasteiger partial charge in [0.15, 0.2) is 0 Å². The van der Waals surface area contributed by atoms with Crippen LogP contribution in [0.15, 0.2) is 22.8 Å². The molecule has 0 bridgehead atoms. The number of nitrogens with zero attached hydrogens (tertiary/aromatic N) is 1. The van der Waals surface area contributed by atoms with Gasteiger partial charge in [-0.05, 0) is 34.5 Å². The molecule has 0 unspecified atom stereocenters. The molecule has 0 saturated carbocycles. The number of carbonyl (C=O) groups is 1. The number of nitrogen functional groups attached to an aromatic ring is 1. The number of anilines is 1. The molecule has 106 valence electrons. The molecule has 1 aromatic heterocycles. The van der Waals surface area contributed by atoms with Crippen LogP contribution in [0.3, 0.4) is 0 Å². The fraction of sp³-hybridized carbons (Fsp3) is 0.231. The lowest BCUT2D eigenvalue weighted by molar-refractivity contribution is 0.0950. The van der Waals surface area contributed by atoms with Crippen LogP contribution >= 0.6 is 27.3 Å². The third kappa shape index (κ3) is 3.34. The fourth-order valence-corrected chi connectivity index (χ4v) is 2.88. The highest BCUT2D eigenvalue weighted by Gasteiger charge is 2.13. The van der Waals surface area contributed by atoms with Crippen molar-refractivity contribution in [1.29, 1.82) is 0 Å². The molecule has 0 aliphatic heterocycles. The Hall–Kier alpha value is -1.47. The summed E-state index contributed by atoms with van der Waals surface area (Å²) in [6.07, 6.45) is 2.73. The SMILES string of the molecule is CCc1cnc(CNC(=O)c2cc(N)c(F)cc2Br)s1. The number of amides is 1. The Kier molecular flexibility index (Phi) is 4.72. The van der Waals surface area contributed by atoms with E-state index in [1.807, 2.05) is 6.92 Å². The molecule has 0 saturated heterocycles. The summed E-state index contributed by atoms with van der Waals surface area (Å²) < 4.78 is 13.6. The summed E-state index contributed by atoms with van der Waals surface area (Å²) in [4.78, 5) is 17.4. The molecule has 1 aromatic carbocycles. The second-order valence-electron chi connectivity index (χ2n) is 4.11. The Balaban J connectivity index is 2.07. The Labute approximate surface area is 128 Å². The van der Waals surface area contributed by atoms with Crippen LogP contribution in [0.2, 0.25) is 0 Å². The van der Waals surface area contributed by atoms with E-state index in [9.17, 15) is 9.18 Å². The van der Waals surface area contributed by atoms with Gasteiger partial charge in [0, 0.05) is 15.5 Å². The molecule has 2 rings (SSSR count). The van der Waals surface area contributed by atoms with Gasteiger partial charge in [-0.3, -0.25) is 4.79 Å². The van der Waals surface area contributed by atoms with E-state index >= 15 is 0 Å². The second-order valence-corrected chi connectivity index (χ2v) is 6.16. The molecular weight excluding hydrogens is 345 g/mol. The van der Waals surface area contributed by atoms with Gasteiger partial charge in [-0.25, -0.2) is 9.37 Å². The average molecular weight is 358 g/mol. The monoisotopic (exact) mass is 357 g/mol. The summed E-state index contributed by atoms with van der Waals surface area (Å²) in [6.45, 7) is 2.39. The van der Waals surface area contributed by atoms with Crippen LogP contribution in [0.1, 0.15) is 27.2 Å². The van der Waals surface area contributed by atoms with Gasteiger partial charge in [0.1, 0.15) is 10.8 Å². The van der Waals surface area contributed by atoms with Crippen LogP contribution in [-0.4, -0.2) is 10.9 Å². The second kappa shape index (κ2) is 6.32. The normalized spacial score (nSPS) is 10.6. The van der Waals surface area contributed by atoms with Crippen LogP contribution in [0, 0.1) is 5.82 Å². The first-order valence-electron chi connectivity index (χ1n) is 5.97. The highest BCUT2D eigenvalue weighted by Crippen LogP contribution is 2.23. The maximum atomic E-state index is 13.2. The summed E-state index contributed by atoms with van der Waals surface area (Å²) in [5.74, 6) is -0.877. The number of hydrogen-bond acceptors (Lipinski definition) is 4. The molecule has 1 amide bonds. The van der Waals surface area contributed by atoms with Crippen molar-refractivity contribution in [1.82, 2.24) is 10.3 Å². The van der Waals surface area contributed by atoms with E-state index in [-0.39, 0.29) is 11.6 Å². The Bertz CT molecular complexity index is 645. The maximum Gasteiger partial charge on any atom is 0.252 e. The third-order valence-electron chi connectivity index (χ3n) is 2.68. The zero-order valence-electron chi connectivity index (χ0n) is 10.7. The summed E-state index contributed by atoms with van der Waals surface area (Å²) in [6, 6.07) is 2.50. The minimum atomic E-state index is -0.555. The summed E-state index contributed by atoms with van der Waals surface area (Å²) in [5, 5.41) is 3.58. The predicted octanol–water partition coefficient (Wildman–Crippen LogP) is 3.12. The fourth-order valence-electron chi connectivity index (χ4n) is 1.58. The Morgan fingerprint density at radius 3 is 2.95 bits per heavy atom. The van der Waals surface area contributed by atoms with Crippen LogP contribution in [0.5, 0.6) is 0 Å². The van der Waals surface area contributed by atoms with Crippen LogP contribution in [0.4, 0.5) is 10.1 Å². The third-order valence-corrected chi connectivity index (χ3v) is 4.48. The zero-order chi connectivity index (χ0) is 14.7. The van der Waals surface area contributed by atoms with Gasteiger partial charge in [-0.1, -0.05) is 6.92 Å². The van der Waals surface area contributed by atoms with Gasteiger partial charge in [0.05, 0.1) is 17.8 Å². The molecule has 2 aromatic rings. The number of carbonyl (C=O) groups excluding carboxylic acids is 1. The van der Waals surface area contributed by atoms with Gasteiger partial charge >= 0.3 is 0 Å². The average Bonchev–Trinajstić information content (AvgIpc) is 2.88. The highest BCUT2D eigenvalue weighted by atomic mass is 79.9. The number of nitrogens with one attached hydrogen (secondary N) is 1. The zero-order valence-corrected chi connectivity index (χ0v) is 13.1. The first-order valence-corrected chi connectivity index (χ1v) is 7.58. The summed E-state index contributed by atoms with van der Waals surface area (Å²) >= 11 is 4.71. The largest absolute Gasteiger partial charge is 0.396 e. The van der Waals surface area contributed by atoms with Gasteiger partial charge in [0.2, 0.25) is 0 Å². The molecule has 0 fully saturated rings. The Morgan fingerprint density at radius 1 is 1.55 bits per heavy atom. The molecular formula is C13H13BrFN3OS. The van der Waals surface area contributed by atoms with Crippen molar-refractivity contribution in [3.05, 3.63) is 44.1 Å². The number of halogens is 2. The molecule has 3 N–H and O–H groups in total. The number of nitrogens with two attached hydrogens (primary N) is 1. The van der Waals surface area contributed by atoms with Crippen molar-refractivity contribution in [2.75, 3.05) is 5.73 Å². The lowest BCUT2D eigenvalue weighted by Gasteiger charge is -2.07. The topological polar surface area (TPSA) is 68.0 Å². The first kappa shape index (κ1) is 14.9. The number of rotatable bonds is 4. The molecule has 0 radical (unpaired) electrons. The molecule has 20 heavy (non-hydrogen) atoms. The standard InChI is InChI=1S/C13H13BrFN3OS/c1-2-7-5-17-12(20-7)6-18-13(19)8-3-11(16)10(15)4-9(8)14/h3-5H,2,6,16H2,1H3,(H,18,19). The molecule has 1 heterocycles. The molecule has 7 heteroatoms. The van der Waals surface area contributed by atoms with Crippen LogP contribution in [-0.2, 0) is 13.0 Å². The minimum absolute atomic E-state index is 0.0548. The number of hydrogen-bond donors (Lipinski definition) is 2. The molecule has 0 aliphatic rings. The van der Waals surface area contributed by atoms with Crippen molar-refractivity contribution < 1.29 is 9.18 Å². The maximum absolute atomic E-state index is 13.2. The smallest absolute Gasteiger partial charge is 0.252 e. The Morgan fingerprint density at radius 2 is 2.30 bits per heavy atom. The first-order chi connectivity index (χ1) is 9.51. The van der Waals surface area contributed by atoms with E-state index in [1.54, 1.807) is 17.5 Å². The number of thiazole rings is 1. The number of benzene rings is 1. The van der Waals surface area contributed by atoms with Crippen molar-refractivity contribution in [3.63, 3.8) is 0 Å². The van der Waals surface area contributed by atoms with E-state index in [1.165, 1.54) is 17.0 Å². The summed E-state index contributed by atoms with van der Waals surface area (Å²) in [5.41, 5.74) is 5.72. The molecule has 0 spiro atoms. The van der Waals surface area contributed by atoms with Crippen LogP contribution < -0.4 is 11.1 Å². The number of aromatic nitrogens is 1. The lowest BCUT2D eigenvalue weighted by atomic mass is 10.2. The van der Waals surface area contributed by atoms with Crippen molar-refractivity contribution in [2.24, 2.45) is 0 Å². The number of aryl methyl sites for hydroxylation is 1. The van der Waals surface area contributed by atoms with Gasteiger partial charge in [0.25, 0.3) is 5.91 Å². The summed E-state index contributed by atoms with van der Waals surface area (Å²) in [7, 11) is 0. The minimum Gasteiger partial charge on any atom is -0.396 e. The van der Waals surface area contributed by atoms with Gasteiger partial charge in [-0.2, -0.15) is 0 Å². The molecule has 0 atom stereocenters.